The Morgan fingerprint density at radius 3 is 2.41 bits per heavy atom. The summed E-state index contributed by atoms with van der Waals surface area (Å²) in [5.41, 5.74) is 1.06. The lowest BCUT2D eigenvalue weighted by atomic mass is 10.1. The number of rotatable bonds is 12. The zero-order valence-corrected chi connectivity index (χ0v) is 21.5. The van der Waals surface area contributed by atoms with Crippen molar-refractivity contribution in [3.05, 3.63) is 59.1 Å². The van der Waals surface area contributed by atoms with E-state index in [0.29, 0.717) is 23.0 Å². The summed E-state index contributed by atoms with van der Waals surface area (Å²) in [7, 11) is -2.33. The fourth-order valence-electron chi connectivity index (χ4n) is 3.28. The molecule has 1 atom stereocenters. The summed E-state index contributed by atoms with van der Waals surface area (Å²) < 4.78 is 31.4. The summed E-state index contributed by atoms with van der Waals surface area (Å²) in [6.45, 7) is 3.80. The Labute approximate surface area is 206 Å². The molecule has 0 heterocycles. The number of hydrogen-bond donors (Lipinski definition) is 1. The molecule has 0 aliphatic carbocycles. The molecular formula is C24H32ClN3O5S. The van der Waals surface area contributed by atoms with Crippen LogP contribution in [0.5, 0.6) is 5.75 Å². The molecule has 0 saturated heterocycles. The molecule has 0 saturated carbocycles. The van der Waals surface area contributed by atoms with Crippen molar-refractivity contribution in [3.8, 4) is 5.75 Å². The van der Waals surface area contributed by atoms with Crippen LogP contribution >= 0.6 is 11.6 Å². The number of unbranched alkanes of at least 4 members (excludes halogenated alkanes) is 1. The third kappa shape index (κ3) is 7.92. The van der Waals surface area contributed by atoms with Gasteiger partial charge in [0.2, 0.25) is 21.8 Å². The fraction of sp³-hybridized carbons (Fsp3) is 0.417. The van der Waals surface area contributed by atoms with Crippen LogP contribution in [0.1, 0.15) is 32.3 Å². The Balaban J connectivity index is 2.35. The molecule has 10 heteroatoms. The largest absolute Gasteiger partial charge is 0.497 e. The van der Waals surface area contributed by atoms with Crippen LogP contribution in [0.2, 0.25) is 5.02 Å². The van der Waals surface area contributed by atoms with Crippen LogP contribution < -0.4 is 14.4 Å². The Bertz CT molecular complexity index is 1080. The van der Waals surface area contributed by atoms with Crippen molar-refractivity contribution in [2.75, 3.05) is 30.8 Å². The molecule has 1 N–H and O–H groups in total. The van der Waals surface area contributed by atoms with Gasteiger partial charge in [0.1, 0.15) is 18.3 Å². The zero-order valence-electron chi connectivity index (χ0n) is 20.0. The molecule has 0 bridgehead atoms. The zero-order chi connectivity index (χ0) is 25.3. The van der Waals surface area contributed by atoms with Crippen molar-refractivity contribution in [2.45, 2.75) is 39.3 Å². The van der Waals surface area contributed by atoms with Crippen molar-refractivity contribution >= 4 is 39.1 Å². The van der Waals surface area contributed by atoms with Gasteiger partial charge in [0.25, 0.3) is 0 Å². The average Bonchev–Trinajstić information content (AvgIpc) is 2.80. The summed E-state index contributed by atoms with van der Waals surface area (Å²) in [6, 6.07) is 12.6. The van der Waals surface area contributed by atoms with Crippen LogP contribution in [0.3, 0.4) is 0 Å². The second kappa shape index (κ2) is 12.6. The van der Waals surface area contributed by atoms with Gasteiger partial charge in [-0.3, -0.25) is 13.9 Å². The molecule has 0 spiro atoms. The second-order valence-electron chi connectivity index (χ2n) is 7.94. The van der Waals surface area contributed by atoms with E-state index in [1.54, 1.807) is 55.5 Å². The highest BCUT2D eigenvalue weighted by Gasteiger charge is 2.30. The van der Waals surface area contributed by atoms with Crippen molar-refractivity contribution in [1.82, 2.24) is 10.2 Å². The van der Waals surface area contributed by atoms with Crippen LogP contribution in [0.25, 0.3) is 0 Å². The molecule has 8 nitrogen and oxygen atoms in total. The third-order valence-electron chi connectivity index (χ3n) is 5.28. The molecule has 0 radical (unpaired) electrons. The molecule has 186 valence electrons. The Hall–Kier alpha value is -2.78. The smallest absolute Gasteiger partial charge is 0.244 e. The number of carbonyl (C=O) groups is 2. The topological polar surface area (TPSA) is 96.0 Å². The number of hydrogen-bond acceptors (Lipinski definition) is 5. The number of nitrogens with one attached hydrogen (secondary N) is 1. The standard InChI is InChI=1S/C24H32ClN3O5S/c1-5-6-14-26-24(30)18(2)27(16-19-10-12-20(25)13-11-19)23(29)17-28(34(4,31)32)21-8-7-9-22(15-21)33-3/h7-13,15,18H,5-6,14,16-17H2,1-4H3,(H,26,30). The summed E-state index contributed by atoms with van der Waals surface area (Å²) in [4.78, 5) is 27.6. The lowest BCUT2D eigenvalue weighted by Crippen LogP contribution is -2.51. The van der Waals surface area contributed by atoms with Crippen LogP contribution in [0.15, 0.2) is 48.5 Å². The third-order valence-corrected chi connectivity index (χ3v) is 6.68. The van der Waals surface area contributed by atoms with E-state index < -0.39 is 28.5 Å². The molecular weight excluding hydrogens is 478 g/mol. The molecule has 0 aliphatic rings. The van der Waals surface area contributed by atoms with Gasteiger partial charge in [-0.25, -0.2) is 8.42 Å². The van der Waals surface area contributed by atoms with Gasteiger partial charge >= 0.3 is 0 Å². The monoisotopic (exact) mass is 509 g/mol. The minimum absolute atomic E-state index is 0.119. The highest BCUT2D eigenvalue weighted by Crippen LogP contribution is 2.24. The van der Waals surface area contributed by atoms with E-state index in [9.17, 15) is 18.0 Å². The molecule has 2 aromatic rings. The normalized spacial score (nSPS) is 12.0. The first-order valence-corrected chi connectivity index (χ1v) is 13.2. The molecule has 2 amide bonds. The molecule has 1 unspecified atom stereocenters. The molecule has 0 aromatic heterocycles. The molecule has 34 heavy (non-hydrogen) atoms. The van der Waals surface area contributed by atoms with Crippen molar-refractivity contribution in [1.29, 1.82) is 0 Å². The van der Waals surface area contributed by atoms with Crippen molar-refractivity contribution in [3.63, 3.8) is 0 Å². The number of amides is 2. The van der Waals surface area contributed by atoms with E-state index in [1.807, 2.05) is 6.92 Å². The number of carbonyl (C=O) groups excluding carboxylic acids is 2. The summed E-state index contributed by atoms with van der Waals surface area (Å²) in [5, 5.41) is 3.39. The molecule has 0 fully saturated rings. The van der Waals surface area contributed by atoms with E-state index in [-0.39, 0.29) is 12.5 Å². The maximum atomic E-state index is 13.5. The van der Waals surface area contributed by atoms with Crippen LogP contribution in [-0.2, 0) is 26.2 Å². The van der Waals surface area contributed by atoms with Gasteiger partial charge in [0.15, 0.2) is 0 Å². The minimum Gasteiger partial charge on any atom is -0.497 e. The number of methoxy groups -OCH3 is 1. The predicted molar refractivity (Wildman–Crippen MR) is 135 cm³/mol. The van der Waals surface area contributed by atoms with Crippen molar-refractivity contribution < 1.29 is 22.7 Å². The predicted octanol–water partition coefficient (Wildman–Crippen LogP) is 3.45. The first-order chi connectivity index (χ1) is 16.1. The van der Waals surface area contributed by atoms with E-state index in [2.05, 4.69) is 5.32 Å². The Kier molecular flexibility index (Phi) is 10.2. The van der Waals surface area contributed by atoms with Gasteiger partial charge in [0.05, 0.1) is 19.1 Å². The summed E-state index contributed by atoms with van der Waals surface area (Å²) in [5.74, 6) is -0.357. The van der Waals surface area contributed by atoms with Crippen LogP contribution in [0, 0.1) is 0 Å². The number of ether oxygens (including phenoxy) is 1. The van der Waals surface area contributed by atoms with E-state index in [4.69, 9.17) is 16.3 Å². The Morgan fingerprint density at radius 2 is 1.82 bits per heavy atom. The summed E-state index contributed by atoms with van der Waals surface area (Å²) >= 11 is 5.98. The lowest BCUT2D eigenvalue weighted by Gasteiger charge is -2.31. The number of halogens is 1. The highest BCUT2D eigenvalue weighted by atomic mass is 35.5. The van der Waals surface area contributed by atoms with Gasteiger partial charge in [-0.15, -0.1) is 0 Å². The van der Waals surface area contributed by atoms with Crippen LogP contribution in [-0.4, -0.2) is 57.6 Å². The first kappa shape index (κ1) is 27.5. The van der Waals surface area contributed by atoms with Gasteiger partial charge in [-0.1, -0.05) is 43.1 Å². The van der Waals surface area contributed by atoms with Gasteiger partial charge in [-0.05, 0) is 43.2 Å². The molecule has 2 aromatic carbocycles. The van der Waals surface area contributed by atoms with E-state index in [1.165, 1.54) is 12.0 Å². The van der Waals surface area contributed by atoms with E-state index >= 15 is 0 Å². The molecule has 2 rings (SSSR count). The SMILES string of the molecule is CCCCNC(=O)C(C)N(Cc1ccc(Cl)cc1)C(=O)CN(c1cccc(OC)c1)S(C)(=O)=O. The van der Waals surface area contributed by atoms with Gasteiger partial charge in [0, 0.05) is 24.2 Å². The number of sulfonamides is 1. The maximum absolute atomic E-state index is 13.5. The quantitative estimate of drug-likeness (QED) is 0.442. The van der Waals surface area contributed by atoms with Crippen LogP contribution in [0.4, 0.5) is 5.69 Å². The first-order valence-electron chi connectivity index (χ1n) is 11.0. The van der Waals surface area contributed by atoms with Gasteiger partial charge < -0.3 is 15.0 Å². The maximum Gasteiger partial charge on any atom is 0.244 e. The fourth-order valence-corrected chi connectivity index (χ4v) is 4.25. The second-order valence-corrected chi connectivity index (χ2v) is 10.3. The average molecular weight is 510 g/mol. The summed E-state index contributed by atoms with van der Waals surface area (Å²) in [6.07, 6.45) is 2.78. The number of anilines is 1. The number of nitrogens with zero attached hydrogens (tertiary/aromatic N) is 2. The van der Waals surface area contributed by atoms with E-state index in [0.717, 1.165) is 29.0 Å². The lowest BCUT2D eigenvalue weighted by molar-refractivity contribution is -0.139. The minimum atomic E-state index is -3.80. The van der Waals surface area contributed by atoms with Crippen molar-refractivity contribution in [2.24, 2.45) is 0 Å². The Morgan fingerprint density at radius 1 is 1.15 bits per heavy atom. The highest BCUT2D eigenvalue weighted by molar-refractivity contribution is 7.92. The van der Waals surface area contributed by atoms with Gasteiger partial charge in [-0.2, -0.15) is 0 Å². The molecule has 0 aliphatic heterocycles. The number of benzene rings is 2.